The molecule has 1 aliphatic carbocycles. The second-order valence-corrected chi connectivity index (χ2v) is 5.04. The van der Waals surface area contributed by atoms with Crippen LogP contribution in [0.2, 0.25) is 0 Å². The van der Waals surface area contributed by atoms with Gasteiger partial charge in [0.1, 0.15) is 11.6 Å². The predicted octanol–water partition coefficient (Wildman–Crippen LogP) is 2.70. The normalized spacial score (nSPS) is 23.0. The van der Waals surface area contributed by atoms with Crippen molar-refractivity contribution in [1.82, 2.24) is 5.32 Å². The van der Waals surface area contributed by atoms with Crippen LogP contribution < -0.4 is 5.32 Å². The molecule has 3 nitrogen and oxygen atoms in total. The molecule has 1 aliphatic rings. The van der Waals surface area contributed by atoms with E-state index in [1.807, 2.05) is 0 Å². The number of phenolic OH excluding ortho intramolecular Hbond substituents is 1. The highest BCUT2D eigenvalue weighted by atomic mass is 19.1. The Kier molecular flexibility index (Phi) is 3.84. The molecule has 0 aromatic heterocycles. The van der Waals surface area contributed by atoms with E-state index in [1.54, 1.807) is 0 Å². The van der Waals surface area contributed by atoms with E-state index in [-0.39, 0.29) is 11.3 Å². The lowest BCUT2D eigenvalue weighted by molar-refractivity contribution is 0.0941. The second kappa shape index (κ2) is 5.38. The highest BCUT2D eigenvalue weighted by Crippen LogP contribution is 2.30. The number of carbonyl (C=O) groups excluding carboxylic acids is 1. The average molecular weight is 251 g/mol. The average Bonchev–Trinajstić information content (AvgIpc) is 2.75. The molecule has 18 heavy (non-hydrogen) atoms. The molecule has 1 fully saturated rings. The number of hydrogen-bond acceptors (Lipinski definition) is 2. The largest absolute Gasteiger partial charge is 0.507 e. The van der Waals surface area contributed by atoms with Crippen LogP contribution in [0.1, 0.15) is 36.5 Å². The number of hydrogen-bond donors (Lipinski definition) is 2. The van der Waals surface area contributed by atoms with Crippen molar-refractivity contribution in [3.8, 4) is 5.75 Å². The number of phenols is 1. The highest BCUT2D eigenvalue weighted by Gasteiger charge is 2.24. The zero-order valence-corrected chi connectivity index (χ0v) is 10.4. The lowest BCUT2D eigenvalue weighted by atomic mass is 9.98. The Labute approximate surface area is 106 Å². The van der Waals surface area contributed by atoms with Gasteiger partial charge < -0.3 is 10.4 Å². The van der Waals surface area contributed by atoms with Gasteiger partial charge in [0.05, 0.1) is 5.56 Å². The first-order valence-corrected chi connectivity index (χ1v) is 6.34. The van der Waals surface area contributed by atoms with Crippen molar-refractivity contribution in [3.63, 3.8) is 0 Å². The van der Waals surface area contributed by atoms with Crippen molar-refractivity contribution in [1.29, 1.82) is 0 Å². The van der Waals surface area contributed by atoms with Gasteiger partial charge in [-0.15, -0.1) is 0 Å². The Balaban J connectivity index is 1.97. The SMILES string of the molecule is CC1CCCC1CNC(=O)c1cc(F)ccc1O. The topological polar surface area (TPSA) is 49.3 Å². The molecule has 1 aromatic rings. The summed E-state index contributed by atoms with van der Waals surface area (Å²) in [4.78, 5) is 11.8. The van der Waals surface area contributed by atoms with Gasteiger partial charge in [0.15, 0.2) is 0 Å². The monoisotopic (exact) mass is 251 g/mol. The molecule has 2 atom stereocenters. The van der Waals surface area contributed by atoms with Crippen LogP contribution in [0.5, 0.6) is 5.75 Å². The molecule has 0 aliphatic heterocycles. The molecule has 1 saturated carbocycles. The van der Waals surface area contributed by atoms with Crippen LogP contribution in [-0.2, 0) is 0 Å². The Morgan fingerprint density at radius 2 is 2.28 bits per heavy atom. The maximum absolute atomic E-state index is 13.0. The number of nitrogens with one attached hydrogen (secondary N) is 1. The third kappa shape index (κ3) is 2.81. The molecule has 1 amide bonds. The molecule has 0 bridgehead atoms. The summed E-state index contributed by atoms with van der Waals surface area (Å²) in [6, 6.07) is 3.39. The maximum Gasteiger partial charge on any atom is 0.255 e. The summed E-state index contributed by atoms with van der Waals surface area (Å²) in [5, 5.41) is 12.3. The van der Waals surface area contributed by atoms with E-state index in [9.17, 15) is 14.3 Å². The number of benzene rings is 1. The molecule has 2 unspecified atom stereocenters. The first kappa shape index (κ1) is 12.9. The van der Waals surface area contributed by atoms with Crippen LogP contribution in [0.25, 0.3) is 0 Å². The molecule has 98 valence electrons. The highest BCUT2D eigenvalue weighted by molar-refractivity contribution is 5.96. The van der Waals surface area contributed by atoms with Gasteiger partial charge in [-0.25, -0.2) is 4.39 Å². The summed E-state index contributed by atoms with van der Waals surface area (Å²) in [5.41, 5.74) is 0.000602. The van der Waals surface area contributed by atoms with Gasteiger partial charge in [0.2, 0.25) is 0 Å². The maximum atomic E-state index is 13.0. The van der Waals surface area contributed by atoms with Crippen LogP contribution >= 0.6 is 0 Å². The molecular formula is C14H18FNO2. The van der Waals surface area contributed by atoms with Crippen molar-refractivity contribution in [2.45, 2.75) is 26.2 Å². The Hall–Kier alpha value is -1.58. The van der Waals surface area contributed by atoms with Crippen molar-refractivity contribution < 1.29 is 14.3 Å². The van der Waals surface area contributed by atoms with E-state index in [4.69, 9.17) is 0 Å². The zero-order chi connectivity index (χ0) is 13.1. The van der Waals surface area contributed by atoms with E-state index in [0.29, 0.717) is 18.4 Å². The zero-order valence-electron chi connectivity index (χ0n) is 10.4. The fraction of sp³-hybridized carbons (Fsp3) is 0.500. The van der Waals surface area contributed by atoms with Crippen LogP contribution in [0.4, 0.5) is 4.39 Å². The quantitative estimate of drug-likeness (QED) is 0.867. The fourth-order valence-corrected chi connectivity index (χ4v) is 2.53. The predicted molar refractivity (Wildman–Crippen MR) is 66.9 cm³/mol. The van der Waals surface area contributed by atoms with E-state index in [0.717, 1.165) is 18.6 Å². The van der Waals surface area contributed by atoms with Gasteiger partial charge in [0.25, 0.3) is 5.91 Å². The minimum atomic E-state index is -0.521. The first-order valence-electron chi connectivity index (χ1n) is 6.34. The van der Waals surface area contributed by atoms with E-state index in [2.05, 4.69) is 12.2 Å². The molecule has 2 N–H and O–H groups in total. The van der Waals surface area contributed by atoms with Gasteiger partial charge >= 0.3 is 0 Å². The minimum Gasteiger partial charge on any atom is -0.507 e. The summed E-state index contributed by atoms with van der Waals surface area (Å²) in [6.45, 7) is 2.78. The molecule has 4 heteroatoms. The molecule has 1 aromatic carbocycles. The molecule has 0 heterocycles. The van der Waals surface area contributed by atoms with Crippen LogP contribution in [0.15, 0.2) is 18.2 Å². The first-order chi connectivity index (χ1) is 8.58. The Bertz CT molecular complexity index is 447. The van der Waals surface area contributed by atoms with Crippen molar-refractivity contribution >= 4 is 5.91 Å². The van der Waals surface area contributed by atoms with Crippen molar-refractivity contribution in [2.75, 3.05) is 6.54 Å². The number of aromatic hydroxyl groups is 1. The van der Waals surface area contributed by atoms with Crippen molar-refractivity contribution in [2.24, 2.45) is 11.8 Å². The third-order valence-corrected chi connectivity index (χ3v) is 3.77. The van der Waals surface area contributed by atoms with Crippen molar-refractivity contribution in [3.05, 3.63) is 29.6 Å². The lowest BCUT2D eigenvalue weighted by Crippen LogP contribution is -2.30. The molecular weight excluding hydrogens is 233 g/mol. The van der Waals surface area contributed by atoms with E-state index in [1.165, 1.54) is 18.9 Å². The van der Waals surface area contributed by atoms with Gasteiger partial charge in [-0.3, -0.25) is 4.79 Å². The smallest absolute Gasteiger partial charge is 0.255 e. The summed E-state index contributed by atoms with van der Waals surface area (Å²) in [7, 11) is 0. The summed E-state index contributed by atoms with van der Waals surface area (Å²) in [6.07, 6.45) is 3.52. The van der Waals surface area contributed by atoms with E-state index < -0.39 is 11.7 Å². The van der Waals surface area contributed by atoms with Crippen LogP contribution in [0, 0.1) is 17.7 Å². The lowest BCUT2D eigenvalue weighted by Gasteiger charge is -2.16. The number of amides is 1. The van der Waals surface area contributed by atoms with Gasteiger partial charge in [-0.05, 0) is 36.5 Å². The summed E-state index contributed by atoms with van der Waals surface area (Å²) >= 11 is 0. The minimum absolute atomic E-state index is 0.000602. The summed E-state index contributed by atoms with van der Waals surface area (Å²) < 4.78 is 13.0. The Morgan fingerprint density at radius 1 is 1.50 bits per heavy atom. The van der Waals surface area contributed by atoms with Crippen LogP contribution in [0.3, 0.4) is 0 Å². The number of halogens is 1. The molecule has 2 rings (SSSR count). The van der Waals surface area contributed by atoms with Gasteiger partial charge in [0, 0.05) is 6.54 Å². The molecule has 0 radical (unpaired) electrons. The van der Waals surface area contributed by atoms with Gasteiger partial charge in [-0.2, -0.15) is 0 Å². The van der Waals surface area contributed by atoms with Gasteiger partial charge in [-0.1, -0.05) is 19.8 Å². The third-order valence-electron chi connectivity index (χ3n) is 3.77. The Morgan fingerprint density at radius 3 is 2.94 bits per heavy atom. The number of carbonyl (C=O) groups is 1. The van der Waals surface area contributed by atoms with E-state index >= 15 is 0 Å². The standard InChI is InChI=1S/C14H18FNO2/c1-9-3-2-4-10(9)8-16-14(18)12-7-11(15)5-6-13(12)17/h5-7,9-10,17H,2-4,8H2,1H3,(H,16,18). The second-order valence-electron chi connectivity index (χ2n) is 5.04. The number of rotatable bonds is 3. The summed E-state index contributed by atoms with van der Waals surface area (Å²) in [5.74, 6) is -0.0114. The molecule has 0 saturated heterocycles. The fourth-order valence-electron chi connectivity index (χ4n) is 2.53. The van der Waals surface area contributed by atoms with Crippen LogP contribution in [-0.4, -0.2) is 17.6 Å². The molecule has 0 spiro atoms.